The molecule has 4 heteroatoms. The molecule has 2 rings (SSSR count). The molecule has 0 amide bonds. The van der Waals surface area contributed by atoms with Crippen LogP contribution in [0.1, 0.15) is 33.2 Å². The molecule has 2 aromatic rings. The summed E-state index contributed by atoms with van der Waals surface area (Å²) < 4.78 is 10.3. The van der Waals surface area contributed by atoms with E-state index < -0.39 is 0 Å². The number of benzene rings is 2. The molecule has 0 aromatic heterocycles. The second-order valence-electron chi connectivity index (χ2n) is 4.56. The Balaban J connectivity index is 2.02. The van der Waals surface area contributed by atoms with Crippen molar-refractivity contribution in [1.29, 1.82) is 0 Å². The van der Waals surface area contributed by atoms with Crippen LogP contribution in [0, 0.1) is 0 Å². The predicted molar refractivity (Wildman–Crippen MR) is 78.6 cm³/mol. The maximum atomic E-state index is 11.4. The zero-order valence-corrected chi connectivity index (χ0v) is 12.0. The molecule has 0 aliphatic rings. The molecular weight excluding hydrogens is 268 g/mol. The number of methoxy groups -OCH3 is 1. The average Bonchev–Trinajstić information content (AvgIpc) is 2.52. The van der Waals surface area contributed by atoms with Gasteiger partial charge in [0.25, 0.3) is 0 Å². The van der Waals surface area contributed by atoms with Crippen molar-refractivity contribution >= 4 is 11.8 Å². The smallest absolute Gasteiger partial charge is 0.337 e. The summed E-state index contributed by atoms with van der Waals surface area (Å²) in [5.74, 6) is 0.318. The molecule has 0 N–H and O–H groups in total. The fraction of sp³-hybridized carbons (Fsp3) is 0.176. The number of carbonyl (C=O) groups excluding carboxylic acids is 2. The molecule has 21 heavy (non-hydrogen) atoms. The molecule has 108 valence electrons. The first-order chi connectivity index (χ1) is 10.1. The Morgan fingerprint density at radius 1 is 1.00 bits per heavy atom. The van der Waals surface area contributed by atoms with Gasteiger partial charge in [0, 0.05) is 5.56 Å². The first-order valence-electron chi connectivity index (χ1n) is 6.51. The third-order valence-corrected chi connectivity index (χ3v) is 3.01. The van der Waals surface area contributed by atoms with E-state index in [1.807, 2.05) is 6.07 Å². The van der Waals surface area contributed by atoms with E-state index in [-0.39, 0.29) is 11.8 Å². The summed E-state index contributed by atoms with van der Waals surface area (Å²) in [6, 6.07) is 14.0. The van der Waals surface area contributed by atoms with E-state index in [1.54, 1.807) is 42.5 Å². The van der Waals surface area contributed by atoms with Crippen molar-refractivity contribution in [3.63, 3.8) is 0 Å². The van der Waals surface area contributed by atoms with Gasteiger partial charge in [0.2, 0.25) is 0 Å². The number of Topliss-reactive ketones (excluding diaryl/α,β-unsaturated/α-hetero) is 1. The number of hydrogen-bond donors (Lipinski definition) is 0. The third kappa shape index (κ3) is 3.92. The molecule has 0 saturated carbocycles. The third-order valence-electron chi connectivity index (χ3n) is 3.01. The molecule has 4 nitrogen and oxygen atoms in total. The lowest BCUT2D eigenvalue weighted by Crippen LogP contribution is -2.03. The summed E-state index contributed by atoms with van der Waals surface area (Å²) in [5, 5.41) is 0. The number of hydrogen-bond acceptors (Lipinski definition) is 4. The highest BCUT2D eigenvalue weighted by Crippen LogP contribution is 2.15. The number of carbonyl (C=O) groups is 2. The lowest BCUT2D eigenvalue weighted by molar-refractivity contribution is 0.0600. The normalized spacial score (nSPS) is 10.0. The summed E-state index contributed by atoms with van der Waals surface area (Å²) >= 11 is 0. The van der Waals surface area contributed by atoms with Gasteiger partial charge >= 0.3 is 5.97 Å². The fourth-order valence-electron chi connectivity index (χ4n) is 1.86. The topological polar surface area (TPSA) is 52.6 Å². The standard InChI is InChI=1S/C17H16O4/c1-12(18)14-6-8-16(9-7-14)21-11-13-4-3-5-15(10-13)17(19)20-2/h3-10H,11H2,1-2H3. The van der Waals surface area contributed by atoms with Gasteiger partial charge in [0.1, 0.15) is 12.4 Å². The summed E-state index contributed by atoms with van der Waals surface area (Å²) in [5.41, 5.74) is 2.01. The molecule has 0 unspecified atom stereocenters. The van der Waals surface area contributed by atoms with Gasteiger partial charge in [-0.3, -0.25) is 4.79 Å². The molecule has 0 spiro atoms. The van der Waals surface area contributed by atoms with Crippen LogP contribution in [0.4, 0.5) is 0 Å². The number of esters is 1. The number of rotatable bonds is 5. The van der Waals surface area contributed by atoms with Crippen molar-refractivity contribution in [1.82, 2.24) is 0 Å². The van der Waals surface area contributed by atoms with Crippen molar-refractivity contribution in [3.8, 4) is 5.75 Å². The van der Waals surface area contributed by atoms with Crippen LogP contribution in [0.5, 0.6) is 5.75 Å². The highest BCUT2D eigenvalue weighted by atomic mass is 16.5. The Hall–Kier alpha value is -2.62. The van der Waals surface area contributed by atoms with Crippen LogP contribution in [-0.4, -0.2) is 18.9 Å². The quantitative estimate of drug-likeness (QED) is 0.624. The zero-order chi connectivity index (χ0) is 15.2. The lowest BCUT2D eigenvalue weighted by Gasteiger charge is -2.08. The Bertz CT molecular complexity index is 644. The van der Waals surface area contributed by atoms with E-state index >= 15 is 0 Å². The molecule has 0 aliphatic heterocycles. The van der Waals surface area contributed by atoms with E-state index in [2.05, 4.69) is 4.74 Å². The van der Waals surface area contributed by atoms with Crippen molar-refractivity contribution in [2.45, 2.75) is 13.5 Å². The number of ketones is 1. The SMILES string of the molecule is COC(=O)c1cccc(COc2ccc(C(C)=O)cc2)c1. The second kappa shape index (κ2) is 6.70. The van der Waals surface area contributed by atoms with Gasteiger partial charge < -0.3 is 9.47 Å². The van der Waals surface area contributed by atoms with Crippen molar-refractivity contribution < 1.29 is 19.1 Å². The van der Waals surface area contributed by atoms with Crippen molar-refractivity contribution in [2.75, 3.05) is 7.11 Å². The molecule has 0 radical (unpaired) electrons. The minimum atomic E-state index is -0.373. The molecule has 0 atom stereocenters. The van der Waals surface area contributed by atoms with Crippen LogP contribution in [-0.2, 0) is 11.3 Å². The lowest BCUT2D eigenvalue weighted by atomic mass is 10.1. The maximum absolute atomic E-state index is 11.4. The highest BCUT2D eigenvalue weighted by Gasteiger charge is 2.06. The Labute approximate surface area is 123 Å². The molecule has 2 aromatic carbocycles. The van der Waals surface area contributed by atoms with Gasteiger partial charge in [0.05, 0.1) is 12.7 Å². The van der Waals surface area contributed by atoms with Gasteiger partial charge in [-0.25, -0.2) is 4.79 Å². The number of ether oxygens (including phenoxy) is 2. The minimum absolute atomic E-state index is 0.0207. The summed E-state index contributed by atoms with van der Waals surface area (Å²) in [7, 11) is 1.35. The monoisotopic (exact) mass is 284 g/mol. The molecule has 0 heterocycles. The van der Waals surface area contributed by atoms with Gasteiger partial charge in [-0.2, -0.15) is 0 Å². The first kappa shape index (κ1) is 14.8. The van der Waals surface area contributed by atoms with Crippen molar-refractivity contribution in [3.05, 3.63) is 65.2 Å². The van der Waals surface area contributed by atoms with Crippen LogP contribution in [0.2, 0.25) is 0 Å². The zero-order valence-electron chi connectivity index (χ0n) is 12.0. The van der Waals surface area contributed by atoms with Crippen molar-refractivity contribution in [2.24, 2.45) is 0 Å². The van der Waals surface area contributed by atoms with Gasteiger partial charge in [0.15, 0.2) is 5.78 Å². The Morgan fingerprint density at radius 3 is 2.33 bits per heavy atom. The second-order valence-corrected chi connectivity index (χ2v) is 4.56. The van der Waals surface area contributed by atoms with Gasteiger partial charge in [-0.15, -0.1) is 0 Å². The van der Waals surface area contributed by atoms with E-state index in [0.717, 1.165) is 5.56 Å². The summed E-state index contributed by atoms with van der Waals surface area (Å²) in [4.78, 5) is 22.6. The van der Waals surface area contributed by atoms with E-state index in [9.17, 15) is 9.59 Å². The minimum Gasteiger partial charge on any atom is -0.489 e. The van der Waals surface area contributed by atoms with Crippen LogP contribution < -0.4 is 4.74 Å². The summed E-state index contributed by atoms with van der Waals surface area (Å²) in [6.07, 6.45) is 0. The van der Waals surface area contributed by atoms with Crippen LogP contribution in [0.15, 0.2) is 48.5 Å². The van der Waals surface area contributed by atoms with Gasteiger partial charge in [-0.05, 0) is 48.9 Å². The van der Waals surface area contributed by atoms with Crippen LogP contribution in [0.25, 0.3) is 0 Å². The average molecular weight is 284 g/mol. The van der Waals surface area contributed by atoms with E-state index in [0.29, 0.717) is 23.5 Å². The fourth-order valence-corrected chi connectivity index (χ4v) is 1.86. The molecule has 0 saturated heterocycles. The predicted octanol–water partition coefficient (Wildman–Crippen LogP) is 3.25. The van der Waals surface area contributed by atoms with Crippen LogP contribution in [0.3, 0.4) is 0 Å². The van der Waals surface area contributed by atoms with Crippen LogP contribution >= 0.6 is 0 Å². The van der Waals surface area contributed by atoms with E-state index in [1.165, 1.54) is 14.0 Å². The summed E-state index contributed by atoms with van der Waals surface area (Å²) in [6.45, 7) is 1.86. The Kier molecular flexibility index (Phi) is 4.72. The Morgan fingerprint density at radius 2 is 1.71 bits per heavy atom. The largest absolute Gasteiger partial charge is 0.489 e. The maximum Gasteiger partial charge on any atom is 0.337 e. The first-order valence-corrected chi connectivity index (χ1v) is 6.51. The van der Waals surface area contributed by atoms with E-state index in [4.69, 9.17) is 4.74 Å². The highest BCUT2D eigenvalue weighted by molar-refractivity contribution is 5.94. The van der Waals surface area contributed by atoms with Gasteiger partial charge in [-0.1, -0.05) is 12.1 Å². The molecule has 0 bridgehead atoms. The molecule has 0 aliphatic carbocycles. The molecular formula is C17H16O4. The molecule has 0 fully saturated rings.